The van der Waals surface area contributed by atoms with Crippen LogP contribution in [0.2, 0.25) is 0 Å². The highest BCUT2D eigenvalue weighted by molar-refractivity contribution is 7.88. The SMILES string of the molecule is CC(C)N(Cc1ccccc1)S(C)(=O)=O. The molecule has 0 aromatic heterocycles. The number of sulfonamides is 1. The van der Waals surface area contributed by atoms with E-state index in [0.717, 1.165) is 5.56 Å². The molecule has 0 aliphatic heterocycles. The predicted molar refractivity (Wildman–Crippen MR) is 62.0 cm³/mol. The molecule has 0 unspecified atom stereocenters. The highest BCUT2D eigenvalue weighted by atomic mass is 32.2. The van der Waals surface area contributed by atoms with Crippen LogP contribution in [0.25, 0.3) is 0 Å². The predicted octanol–water partition coefficient (Wildman–Crippen LogP) is 1.86. The van der Waals surface area contributed by atoms with Crippen molar-refractivity contribution in [2.24, 2.45) is 0 Å². The molecule has 0 aliphatic rings. The maximum absolute atomic E-state index is 11.5. The Hall–Kier alpha value is -0.870. The maximum Gasteiger partial charge on any atom is 0.211 e. The molecule has 0 heterocycles. The summed E-state index contributed by atoms with van der Waals surface area (Å²) < 4.78 is 24.5. The Labute approximate surface area is 91.8 Å². The van der Waals surface area contributed by atoms with Gasteiger partial charge >= 0.3 is 0 Å². The zero-order valence-electron chi connectivity index (χ0n) is 9.34. The molecule has 1 aromatic rings. The van der Waals surface area contributed by atoms with Crippen molar-refractivity contribution in [3.63, 3.8) is 0 Å². The Balaban J connectivity index is 2.87. The van der Waals surface area contributed by atoms with Crippen LogP contribution in [-0.2, 0) is 16.6 Å². The van der Waals surface area contributed by atoms with Gasteiger partial charge in [0.25, 0.3) is 0 Å². The zero-order chi connectivity index (χ0) is 11.5. The fourth-order valence-corrected chi connectivity index (χ4v) is 2.60. The van der Waals surface area contributed by atoms with Crippen molar-refractivity contribution in [2.75, 3.05) is 6.26 Å². The van der Waals surface area contributed by atoms with Crippen molar-refractivity contribution in [3.8, 4) is 0 Å². The molecular formula is C11H17NO2S. The summed E-state index contributed by atoms with van der Waals surface area (Å²) in [6, 6.07) is 9.59. The van der Waals surface area contributed by atoms with Gasteiger partial charge in [0.1, 0.15) is 0 Å². The fraction of sp³-hybridized carbons (Fsp3) is 0.455. The van der Waals surface area contributed by atoms with Gasteiger partial charge in [-0.25, -0.2) is 8.42 Å². The van der Waals surface area contributed by atoms with Gasteiger partial charge in [-0.3, -0.25) is 0 Å². The average Bonchev–Trinajstić information content (AvgIpc) is 2.13. The van der Waals surface area contributed by atoms with E-state index in [-0.39, 0.29) is 6.04 Å². The highest BCUT2D eigenvalue weighted by Crippen LogP contribution is 2.11. The minimum atomic E-state index is -3.13. The van der Waals surface area contributed by atoms with E-state index in [1.165, 1.54) is 10.6 Å². The first-order chi connectivity index (χ1) is 6.91. The molecular weight excluding hydrogens is 210 g/mol. The lowest BCUT2D eigenvalue weighted by Crippen LogP contribution is -2.35. The molecule has 0 radical (unpaired) electrons. The molecule has 0 fully saturated rings. The van der Waals surface area contributed by atoms with Crippen molar-refractivity contribution >= 4 is 10.0 Å². The number of benzene rings is 1. The van der Waals surface area contributed by atoms with Gasteiger partial charge in [-0.2, -0.15) is 4.31 Å². The first-order valence-electron chi connectivity index (χ1n) is 4.92. The molecule has 0 amide bonds. The van der Waals surface area contributed by atoms with Crippen LogP contribution < -0.4 is 0 Å². The standard InChI is InChI=1S/C11H17NO2S/c1-10(2)12(15(3,13)14)9-11-7-5-4-6-8-11/h4-8,10H,9H2,1-3H3. The second kappa shape index (κ2) is 4.77. The van der Waals surface area contributed by atoms with E-state index >= 15 is 0 Å². The van der Waals surface area contributed by atoms with Gasteiger partial charge < -0.3 is 0 Å². The van der Waals surface area contributed by atoms with Gasteiger partial charge in [0.15, 0.2) is 0 Å². The molecule has 1 rings (SSSR count). The van der Waals surface area contributed by atoms with Gasteiger partial charge in [0.2, 0.25) is 10.0 Å². The Kier molecular flexibility index (Phi) is 3.88. The molecule has 15 heavy (non-hydrogen) atoms. The number of rotatable bonds is 4. The summed E-state index contributed by atoms with van der Waals surface area (Å²) in [5.41, 5.74) is 1.01. The normalized spacial score (nSPS) is 12.3. The lowest BCUT2D eigenvalue weighted by molar-refractivity contribution is 0.351. The molecule has 3 nitrogen and oxygen atoms in total. The van der Waals surface area contributed by atoms with E-state index in [0.29, 0.717) is 6.54 Å². The van der Waals surface area contributed by atoms with E-state index < -0.39 is 10.0 Å². The van der Waals surface area contributed by atoms with Crippen LogP contribution in [0.15, 0.2) is 30.3 Å². The van der Waals surface area contributed by atoms with Crippen LogP contribution in [0.4, 0.5) is 0 Å². The first-order valence-corrected chi connectivity index (χ1v) is 6.77. The first kappa shape index (κ1) is 12.2. The second-order valence-corrected chi connectivity index (χ2v) is 5.82. The van der Waals surface area contributed by atoms with Crippen LogP contribution in [0.5, 0.6) is 0 Å². The van der Waals surface area contributed by atoms with Crippen molar-refractivity contribution < 1.29 is 8.42 Å². The monoisotopic (exact) mass is 227 g/mol. The van der Waals surface area contributed by atoms with E-state index in [1.807, 2.05) is 44.2 Å². The summed E-state index contributed by atoms with van der Waals surface area (Å²) >= 11 is 0. The lowest BCUT2D eigenvalue weighted by atomic mass is 10.2. The van der Waals surface area contributed by atoms with Crippen LogP contribution in [0.1, 0.15) is 19.4 Å². The average molecular weight is 227 g/mol. The minimum Gasteiger partial charge on any atom is -0.212 e. The van der Waals surface area contributed by atoms with Crippen LogP contribution in [-0.4, -0.2) is 25.0 Å². The Morgan fingerprint density at radius 3 is 2.13 bits per heavy atom. The number of nitrogens with zero attached hydrogens (tertiary/aromatic N) is 1. The molecule has 0 atom stereocenters. The summed E-state index contributed by atoms with van der Waals surface area (Å²) in [6.07, 6.45) is 1.25. The third-order valence-corrected chi connectivity index (χ3v) is 3.59. The van der Waals surface area contributed by atoms with Gasteiger partial charge in [-0.05, 0) is 19.4 Å². The van der Waals surface area contributed by atoms with Gasteiger partial charge in [0.05, 0.1) is 6.26 Å². The van der Waals surface area contributed by atoms with Crippen LogP contribution in [0, 0.1) is 0 Å². The Bertz CT molecular complexity index is 398. The van der Waals surface area contributed by atoms with Crippen molar-refractivity contribution in [2.45, 2.75) is 26.4 Å². The fourth-order valence-electron chi connectivity index (χ4n) is 1.45. The smallest absolute Gasteiger partial charge is 0.211 e. The zero-order valence-corrected chi connectivity index (χ0v) is 10.2. The Morgan fingerprint density at radius 2 is 1.73 bits per heavy atom. The van der Waals surface area contributed by atoms with Crippen molar-refractivity contribution in [1.29, 1.82) is 0 Å². The number of hydrogen-bond donors (Lipinski definition) is 0. The van der Waals surface area contributed by atoms with Crippen molar-refractivity contribution in [1.82, 2.24) is 4.31 Å². The third kappa shape index (κ3) is 3.64. The molecule has 0 N–H and O–H groups in total. The van der Waals surface area contributed by atoms with Gasteiger partial charge in [-0.1, -0.05) is 30.3 Å². The topological polar surface area (TPSA) is 37.4 Å². The van der Waals surface area contributed by atoms with Crippen LogP contribution in [0.3, 0.4) is 0 Å². The summed E-state index contributed by atoms with van der Waals surface area (Å²) in [6.45, 7) is 4.20. The van der Waals surface area contributed by atoms with Gasteiger partial charge in [0, 0.05) is 12.6 Å². The van der Waals surface area contributed by atoms with E-state index in [2.05, 4.69) is 0 Å². The molecule has 0 saturated carbocycles. The molecule has 0 spiro atoms. The summed E-state index contributed by atoms with van der Waals surface area (Å²) in [7, 11) is -3.13. The summed E-state index contributed by atoms with van der Waals surface area (Å²) in [5.74, 6) is 0. The molecule has 84 valence electrons. The van der Waals surface area contributed by atoms with Crippen molar-refractivity contribution in [3.05, 3.63) is 35.9 Å². The summed E-state index contributed by atoms with van der Waals surface area (Å²) in [4.78, 5) is 0. The van der Waals surface area contributed by atoms with Crippen LogP contribution >= 0.6 is 0 Å². The number of hydrogen-bond acceptors (Lipinski definition) is 2. The van der Waals surface area contributed by atoms with Gasteiger partial charge in [-0.15, -0.1) is 0 Å². The quantitative estimate of drug-likeness (QED) is 0.787. The third-order valence-electron chi connectivity index (χ3n) is 2.18. The molecule has 0 bridgehead atoms. The lowest BCUT2D eigenvalue weighted by Gasteiger charge is -2.23. The maximum atomic E-state index is 11.5. The van der Waals surface area contributed by atoms with E-state index in [1.54, 1.807) is 0 Å². The second-order valence-electron chi connectivity index (χ2n) is 3.89. The largest absolute Gasteiger partial charge is 0.212 e. The summed E-state index contributed by atoms with van der Waals surface area (Å²) in [5, 5.41) is 0. The molecule has 4 heteroatoms. The van der Waals surface area contributed by atoms with E-state index in [9.17, 15) is 8.42 Å². The minimum absolute atomic E-state index is 0.0137. The highest BCUT2D eigenvalue weighted by Gasteiger charge is 2.19. The van der Waals surface area contributed by atoms with E-state index in [4.69, 9.17) is 0 Å². The Morgan fingerprint density at radius 1 is 1.20 bits per heavy atom. The molecule has 0 aliphatic carbocycles. The molecule has 1 aromatic carbocycles. The molecule has 0 saturated heterocycles.